The summed E-state index contributed by atoms with van der Waals surface area (Å²) in [6, 6.07) is 27.3. The number of nitrogens with zero attached hydrogens (tertiary/aromatic N) is 1. The molecule has 1 fully saturated rings. The zero-order valence-corrected chi connectivity index (χ0v) is 15.2. The van der Waals surface area contributed by atoms with E-state index in [2.05, 4.69) is 66.1 Å². The lowest BCUT2D eigenvalue weighted by Gasteiger charge is -2.31. The van der Waals surface area contributed by atoms with Crippen molar-refractivity contribution in [1.29, 1.82) is 0 Å². The molecule has 3 nitrogen and oxygen atoms in total. The molecule has 3 aromatic rings. The highest BCUT2D eigenvalue weighted by Crippen LogP contribution is 2.38. The molecule has 0 spiro atoms. The van der Waals surface area contributed by atoms with E-state index < -0.39 is 0 Å². The topological polar surface area (TPSA) is 36.4 Å². The molecule has 1 aliphatic rings. The number of halogens is 1. The predicted molar refractivity (Wildman–Crippen MR) is 107 cm³/mol. The molecule has 0 radical (unpaired) electrons. The maximum atomic E-state index is 13.1. The average molecular weight is 359 g/mol. The molecule has 136 valence electrons. The lowest BCUT2D eigenvalue weighted by Crippen LogP contribution is -2.39. The van der Waals surface area contributed by atoms with Crippen LogP contribution >= 0.6 is 0 Å². The zero-order valence-electron chi connectivity index (χ0n) is 15.2. The van der Waals surface area contributed by atoms with Gasteiger partial charge in [0.1, 0.15) is 5.82 Å². The minimum absolute atomic E-state index is 0.0491. The molecule has 0 aromatic heterocycles. The maximum absolute atomic E-state index is 13.1. The SMILES string of the molecule is CC1(c2ccccc2)NC(=NCc2ccc(F)cc2)NC1c1ccccc1. The van der Waals surface area contributed by atoms with Gasteiger partial charge < -0.3 is 10.6 Å². The predicted octanol–water partition coefficient (Wildman–Crippen LogP) is 4.53. The third kappa shape index (κ3) is 3.56. The van der Waals surface area contributed by atoms with E-state index in [0.29, 0.717) is 6.54 Å². The number of benzene rings is 3. The van der Waals surface area contributed by atoms with E-state index in [1.165, 1.54) is 23.3 Å². The van der Waals surface area contributed by atoms with Crippen molar-refractivity contribution in [2.24, 2.45) is 4.99 Å². The second-order valence-electron chi connectivity index (χ2n) is 6.97. The first-order valence-corrected chi connectivity index (χ1v) is 9.09. The van der Waals surface area contributed by atoms with Crippen LogP contribution < -0.4 is 10.6 Å². The maximum Gasteiger partial charge on any atom is 0.192 e. The van der Waals surface area contributed by atoms with E-state index in [0.717, 1.165) is 11.5 Å². The van der Waals surface area contributed by atoms with Crippen molar-refractivity contribution in [3.63, 3.8) is 0 Å². The molecule has 1 aliphatic heterocycles. The monoisotopic (exact) mass is 359 g/mol. The summed E-state index contributed by atoms with van der Waals surface area (Å²) in [5.74, 6) is 0.517. The Balaban J connectivity index is 1.65. The molecule has 0 aliphatic carbocycles. The summed E-state index contributed by atoms with van der Waals surface area (Å²) in [5.41, 5.74) is 3.03. The number of aliphatic imine (C=N–C) groups is 1. The molecule has 2 N–H and O–H groups in total. The summed E-state index contributed by atoms with van der Waals surface area (Å²) in [4.78, 5) is 4.69. The van der Waals surface area contributed by atoms with Crippen LogP contribution in [-0.4, -0.2) is 5.96 Å². The molecule has 0 amide bonds. The largest absolute Gasteiger partial charge is 0.347 e. The smallest absolute Gasteiger partial charge is 0.192 e. The minimum Gasteiger partial charge on any atom is -0.347 e. The Morgan fingerprint density at radius 1 is 0.889 bits per heavy atom. The molecular weight excluding hydrogens is 337 g/mol. The van der Waals surface area contributed by atoms with E-state index in [9.17, 15) is 4.39 Å². The van der Waals surface area contributed by atoms with Gasteiger partial charge in [0.25, 0.3) is 0 Å². The third-order valence-electron chi connectivity index (χ3n) is 5.08. The first kappa shape index (κ1) is 17.3. The summed E-state index contributed by atoms with van der Waals surface area (Å²) >= 11 is 0. The Bertz CT molecular complexity index is 923. The average Bonchev–Trinajstić information content (AvgIpc) is 3.07. The number of guanidine groups is 1. The first-order valence-electron chi connectivity index (χ1n) is 9.09. The summed E-state index contributed by atoms with van der Waals surface area (Å²) in [6.07, 6.45) is 0. The first-order chi connectivity index (χ1) is 13.1. The second kappa shape index (κ2) is 7.23. The van der Waals surface area contributed by atoms with Gasteiger partial charge in [-0.25, -0.2) is 9.38 Å². The van der Waals surface area contributed by atoms with Crippen LogP contribution in [0, 0.1) is 5.82 Å². The van der Waals surface area contributed by atoms with Crippen molar-refractivity contribution in [2.75, 3.05) is 0 Å². The van der Waals surface area contributed by atoms with Gasteiger partial charge in [0, 0.05) is 0 Å². The highest BCUT2D eigenvalue weighted by atomic mass is 19.1. The molecule has 0 bridgehead atoms. The Labute approximate surface area is 159 Å². The number of hydrogen-bond acceptors (Lipinski definition) is 1. The van der Waals surface area contributed by atoms with Crippen molar-refractivity contribution in [3.8, 4) is 0 Å². The van der Waals surface area contributed by atoms with Crippen LogP contribution in [0.4, 0.5) is 4.39 Å². The van der Waals surface area contributed by atoms with Gasteiger partial charge in [-0.05, 0) is 35.7 Å². The molecule has 0 saturated carbocycles. The van der Waals surface area contributed by atoms with Crippen LogP contribution in [0.3, 0.4) is 0 Å². The van der Waals surface area contributed by atoms with Gasteiger partial charge >= 0.3 is 0 Å². The van der Waals surface area contributed by atoms with Gasteiger partial charge in [0.05, 0.1) is 18.1 Å². The van der Waals surface area contributed by atoms with Crippen LogP contribution in [-0.2, 0) is 12.1 Å². The Morgan fingerprint density at radius 2 is 1.52 bits per heavy atom. The van der Waals surface area contributed by atoms with Crippen molar-refractivity contribution in [1.82, 2.24) is 10.6 Å². The molecule has 1 heterocycles. The second-order valence-corrected chi connectivity index (χ2v) is 6.97. The molecule has 2 atom stereocenters. The fourth-order valence-corrected chi connectivity index (χ4v) is 3.57. The summed E-state index contributed by atoms with van der Waals surface area (Å²) in [7, 11) is 0. The van der Waals surface area contributed by atoms with Crippen LogP contribution in [0.15, 0.2) is 89.9 Å². The third-order valence-corrected chi connectivity index (χ3v) is 5.08. The number of hydrogen-bond donors (Lipinski definition) is 2. The van der Waals surface area contributed by atoms with Crippen LogP contribution in [0.5, 0.6) is 0 Å². The van der Waals surface area contributed by atoms with E-state index in [1.807, 2.05) is 12.1 Å². The highest BCUT2D eigenvalue weighted by Gasteiger charge is 2.43. The Hall–Kier alpha value is -3.14. The van der Waals surface area contributed by atoms with Gasteiger partial charge in [0.15, 0.2) is 5.96 Å². The molecule has 3 aromatic carbocycles. The minimum atomic E-state index is -0.329. The molecule has 1 saturated heterocycles. The van der Waals surface area contributed by atoms with E-state index >= 15 is 0 Å². The van der Waals surface area contributed by atoms with E-state index in [1.54, 1.807) is 12.1 Å². The quantitative estimate of drug-likeness (QED) is 0.718. The Kier molecular flexibility index (Phi) is 4.63. The Morgan fingerprint density at radius 3 is 2.19 bits per heavy atom. The van der Waals surface area contributed by atoms with Crippen LogP contribution in [0.25, 0.3) is 0 Å². The van der Waals surface area contributed by atoms with Gasteiger partial charge in [-0.15, -0.1) is 0 Å². The fourth-order valence-electron chi connectivity index (χ4n) is 3.57. The molecule has 27 heavy (non-hydrogen) atoms. The summed E-state index contributed by atoms with van der Waals surface area (Å²) < 4.78 is 13.1. The van der Waals surface area contributed by atoms with Crippen molar-refractivity contribution >= 4 is 5.96 Å². The molecule has 4 heteroatoms. The standard InChI is InChI=1S/C23H22FN3/c1-23(19-10-6-3-7-11-19)21(18-8-4-2-5-9-18)26-22(27-23)25-16-17-12-14-20(24)15-13-17/h2-15,21H,16H2,1H3,(H2,25,26,27). The van der Waals surface area contributed by atoms with Crippen molar-refractivity contribution < 1.29 is 4.39 Å². The lowest BCUT2D eigenvalue weighted by molar-refractivity contribution is 0.378. The molecule has 2 unspecified atom stereocenters. The zero-order chi connectivity index (χ0) is 18.7. The van der Waals surface area contributed by atoms with Crippen LogP contribution in [0.2, 0.25) is 0 Å². The molecular formula is C23H22FN3. The summed E-state index contributed by atoms with van der Waals surface area (Å²) in [6.45, 7) is 2.68. The van der Waals surface area contributed by atoms with Gasteiger partial charge in [-0.2, -0.15) is 0 Å². The molecule has 4 rings (SSSR count). The highest BCUT2D eigenvalue weighted by molar-refractivity contribution is 5.84. The van der Waals surface area contributed by atoms with Crippen molar-refractivity contribution in [3.05, 3.63) is 107 Å². The lowest BCUT2D eigenvalue weighted by atomic mass is 9.82. The number of rotatable bonds is 4. The van der Waals surface area contributed by atoms with Crippen molar-refractivity contribution in [2.45, 2.75) is 25.0 Å². The normalized spacial score (nSPS) is 23.0. The van der Waals surface area contributed by atoms with E-state index in [-0.39, 0.29) is 17.4 Å². The van der Waals surface area contributed by atoms with Gasteiger partial charge in [-0.3, -0.25) is 0 Å². The summed E-state index contributed by atoms with van der Waals surface area (Å²) in [5, 5.41) is 7.12. The van der Waals surface area contributed by atoms with Crippen LogP contribution in [0.1, 0.15) is 29.7 Å². The fraction of sp³-hybridized carbons (Fsp3) is 0.174. The van der Waals surface area contributed by atoms with Gasteiger partial charge in [-0.1, -0.05) is 72.8 Å². The van der Waals surface area contributed by atoms with E-state index in [4.69, 9.17) is 4.99 Å². The van der Waals surface area contributed by atoms with Gasteiger partial charge in [0.2, 0.25) is 0 Å². The number of nitrogens with one attached hydrogen (secondary N) is 2.